The highest BCUT2D eigenvalue weighted by atomic mass is 19.1. The summed E-state index contributed by atoms with van der Waals surface area (Å²) in [6.45, 7) is 2.68. The summed E-state index contributed by atoms with van der Waals surface area (Å²) in [7, 11) is 0. The maximum Gasteiger partial charge on any atom is 0.224 e. The first kappa shape index (κ1) is 19.1. The predicted octanol–water partition coefficient (Wildman–Crippen LogP) is 3.70. The lowest BCUT2D eigenvalue weighted by Gasteiger charge is -2.33. The summed E-state index contributed by atoms with van der Waals surface area (Å²) in [5.41, 5.74) is 1.94. The molecule has 0 saturated carbocycles. The number of fused-ring (bicyclic) bond motifs is 2. The van der Waals surface area contributed by atoms with Crippen LogP contribution in [0.2, 0.25) is 0 Å². The Morgan fingerprint density at radius 2 is 2.03 bits per heavy atom. The minimum absolute atomic E-state index is 0.0544. The van der Waals surface area contributed by atoms with Gasteiger partial charge in [-0.15, -0.1) is 0 Å². The minimum atomic E-state index is -0.210. The molecule has 6 heteroatoms. The van der Waals surface area contributed by atoms with Crippen LogP contribution >= 0.6 is 0 Å². The van der Waals surface area contributed by atoms with Gasteiger partial charge in [0.15, 0.2) is 0 Å². The van der Waals surface area contributed by atoms with Crippen LogP contribution in [0.15, 0.2) is 53.3 Å². The average Bonchev–Trinajstić information content (AvgIpc) is 3.36. The van der Waals surface area contributed by atoms with Crippen LogP contribution in [0.25, 0.3) is 10.8 Å². The Balaban J connectivity index is 1.09. The van der Waals surface area contributed by atoms with Crippen LogP contribution in [-0.2, 0) is 17.6 Å². The Morgan fingerprint density at radius 1 is 1.17 bits per heavy atom. The van der Waals surface area contributed by atoms with Crippen molar-refractivity contribution >= 4 is 16.7 Å². The molecular formula is C24H25FN2O3. The van der Waals surface area contributed by atoms with Crippen LogP contribution in [0.1, 0.15) is 24.0 Å². The third-order valence-corrected chi connectivity index (χ3v) is 6.14. The Morgan fingerprint density at radius 3 is 2.90 bits per heavy atom. The number of benzene rings is 2. The van der Waals surface area contributed by atoms with Crippen LogP contribution in [-0.4, -0.2) is 42.6 Å². The van der Waals surface area contributed by atoms with Gasteiger partial charge in [-0.25, -0.2) is 4.39 Å². The number of nitrogens with one attached hydrogen (secondary N) is 1. The monoisotopic (exact) mass is 408 g/mol. The Hall–Kier alpha value is -2.86. The number of hydrogen-bond donors (Lipinski definition) is 1. The molecule has 0 spiro atoms. The second kappa shape index (κ2) is 8.11. The fourth-order valence-corrected chi connectivity index (χ4v) is 4.60. The van der Waals surface area contributed by atoms with E-state index in [1.807, 2.05) is 18.2 Å². The van der Waals surface area contributed by atoms with Gasteiger partial charge in [-0.1, -0.05) is 18.2 Å². The lowest BCUT2D eigenvalue weighted by molar-refractivity contribution is -0.121. The van der Waals surface area contributed by atoms with E-state index in [2.05, 4.69) is 10.2 Å². The molecular weight excluding hydrogens is 383 g/mol. The SMILES string of the molecule is O=C(Cc1cccc2cocc12)NC1CCN(CC2Cc3cc(F)ccc3O2)CC1. The van der Waals surface area contributed by atoms with E-state index in [9.17, 15) is 9.18 Å². The molecule has 1 atom stereocenters. The van der Waals surface area contributed by atoms with E-state index in [1.165, 1.54) is 6.07 Å². The molecule has 2 aromatic carbocycles. The highest BCUT2D eigenvalue weighted by molar-refractivity contribution is 5.89. The van der Waals surface area contributed by atoms with Gasteiger partial charge in [0.2, 0.25) is 5.91 Å². The van der Waals surface area contributed by atoms with E-state index >= 15 is 0 Å². The standard InChI is InChI=1S/C24H25FN2O3/c25-19-4-5-23-18(10-19)11-21(30-23)13-27-8-6-20(7-9-27)26-24(28)12-16-2-1-3-17-14-29-15-22(16)17/h1-5,10,14-15,20-21H,6-9,11-13H2,(H,26,28). The van der Waals surface area contributed by atoms with Crippen LogP contribution in [0.3, 0.4) is 0 Å². The first-order chi connectivity index (χ1) is 14.6. The largest absolute Gasteiger partial charge is 0.488 e. The molecule has 5 rings (SSSR count). The number of carbonyl (C=O) groups is 1. The number of piperidine rings is 1. The van der Waals surface area contributed by atoms with Crippen molar-refractivity contribution in [3.05, 3.63) is 65.9 Å². The summed E-state index contributed by atoms with van der Waals surface area (Å²) >= 11 is 0. The highest BCUT2D eigenvalue weighted by Crippen LogP contribution is 2.30. The summed E-state index contributed by atoms with van der Waals surface area (Å²) < 4.78 is 24.6. The van der Waals surface area contributed by atoms with Gasteiger partial charge in [-0.05, 0) is 36.6 Å². The zero-order valence-electron chi connectivity index (χ0n) is 16.8. The van der Waals surface area contributed by atoms with Gasteiger partial charge in [0.1, 0.15) is 17.7 Å². The smallest absolute Gasteiger partial charge is 0.224 e. The molecule has 1 aromatic heterocycles. The zero-order chi connectivity index (χ0) is 20.5. The van der Waals surface area contributed by atoms with E-state index < -0.39 is 0 Å². The van der Waals surface area contributed by atoms with E-state index in [0.29, 0.717) is 6.42 Å². The molecule has 1 unspecified atom stereocenters. The quantitative estimate of drug-likeness (QED) is 0.700. The third kappa shape index (κ3) is 4.05. The Kier molecular flexibility index (Phi) is 5.17. The molecule has 30 heavy (non-hydrogen) atoms. The molecule has 2 aliphatic heterocycles. The van der Waals surface area contributed by atoms with Crippen molar-refractivity contribution in [3.8, 4) is 5.75 Å². The molecule has 1 amide bonds. The van der Waals surface area contributed by atoms with Crippen molar-refractivity contribution in [2.45, 2.75) is 37.8 Å². The second-order valence-corrected chi connectivity index (χ2v) is 8.31. The van der Waals surface area contributed by atoms with Crippen molar-refractivity contribution in [2.24, 2.45) is 0 Å². The molecule has 3 heterocycles. The maximum atomic E-state index is 13.4. The molecule has 0 radical (unpaired) electrons. The average molecular weight is 408 g/mol. The number of carbonyl (C=O) groups excluding carboxylic acids is 1. The topological polar surface area (TPSA) is 54.7 Å². The molecule has 1 saturated heterocycles. The number of furan rings is 1. The van der Waals surface area contributed by atoms with Gasteiger partial charge in [-0.2, -0.15) is 0 Å². The number of amides is 1. The second-order valence-electron chi connectivity index (χ2n) is 8.31. The lowest BCUT2D eigenvalue weighted by Crippen LogP contribution is -2.47. The molecule has 5 nitrogen and oxygen atoms in total. The third-order valence-electron chi connectivity index (χ3n) is 6.14. The molecule has 2 aliphatic rings. The van der Waals surface area contributed by atoms with Gasteiger partial charge < -0.3 is 14.5 Å². The molecule has 1 fully saturated rings. The molecule has 0 bridgehead atoms. The normalized spacial score (nSPS) is 19.6. The van der Waals surface area contributed by atoms with E-state index in [4.69, 9.17) is 9.15 Å². The summed E-state index contributed by atoms with van der Waals surface area (Å²) in [4.78, 5) is 14.9. The van der Waals surface area contributed by atoms with Crippen molar-refractivity contribution < 1.29 is 18.3 Å². The fraction of sp³-hybridized carbons (Fsp3) is 0.375. The van der Waals surface area contributed by atoms with Gasteiger partial charge in [0.25, 0.3) is 0 Å². The van der Waals surface area contributed by atoms with Gasteiger partial charge in [0, 0.05) is 48.4 Å². The molecule has 3 aromatic rings. The first-order valence-electron chi connectivity index (χ1n) is 10.5. The molecule has 1 N–H and O–H groups in total. The zero-order valence-corrected chi connectivity index (χ0v) is 16.8. The predicted molar refractivity (Wildman–Crippen MR) is 112 cm³/mol. The van der Waals surface area contributed by atoms with E-state index in [0.717, 1.165) is 66.5 Å². The first-order valence-corrected chi connectivity index (χ1v) is 10.5. The van der Waals surface area contributed by atoms with Gasteiger partial charge in [-0.3, -0.25) is 9.69 Å². The van der Waals surface area contributed by atoms with E-state index in [1.54, 1.807) is 24.7 Å². The molecule has 0 aliphatic carbocycles. The van der Waals surface area contributed by atoms with Crippen molar-refractivity contribution in [1.29, 1.82) is 0 Å². The van der Waals surface area contributed by atoms with Crippen molar-refractivity contribution in [1.82, 2.24) is 10.2 Å². The van der Waals surface area contributed by atoms with Gasteiger partial charge >= 0.3 is 0 Å². The van der Waals surface area contributed by atoms with Crippen molar-refractivity contribution in [2.75, 3.05) is 19.6 Å². The number of hydrogen-bond acceptors (Lipinski definition) is 4. The number of likely N-dealkylation sites (tertiary alicyclic amines) is 1. The molecule has 156 valence electrons. The minimum Gasteiger partial charge on any atom is -0.488 e. The highest BCUT2D eigenvalue weighted by Gasteiger charge is 2.28. The van der Waals surface area contributed by atoms with Gasteiger partial charge in [0.05, 0.1) is 18.9 Å². The lowest BCUT2D eigenvalue weighted by atomic mass is 10.0. The summed E-state index contributed by atoms with van der Waals surface area (Å²) in [5, 5.41) is 5.21. The summed E-state index contributed by atoms with van der Waals surface area (Å²) in [6.07, 6.45) is 6.45. The summed E-state index contributed by atoms with van der Waals surface area (Å²) in [6, 6.07) is 10.9. The number of halogens is 1. The maximum absolute atomic E-state index is 13.4. The number of nitrogens with zero attached hydrogens (tertiary/aromatic N) is 1. The van der Waals surface area contributed by atoms with Crippen LogP contribution < -0.4 is 10.1 Å². The van der Waals surface area contributed by atoms with Crippen molar-refractivity contribution in [3.63, 3.8) is 0 Å². The number of rotatable bonds is 5. The Labute approximate surface area is 174 Å². The Bertz CT molecular complexity index is 1060. The van der Waals surface area contributed by atoms with Crippen LogP contribution in [0.4, 0.5) is 4.39 Å². The number of ether oxygens (including phenoxy) is 1. The van der Waals surface area contributed by atoms with Crippen LogP contribution in [0.5, 0.6) is 5.75 Å². The van der Waals surface area contributed by atoms with E-state index in [-0.39, 0.29) is 23.9 Å². The summed E-state index contributed by atoms with van der Waals surface area (Å²) in [5.74, 6) is 0.647. The van der Waals surface area contributed by atoms with Crippen LogP contribution in [0, 0.1) is 5.82 Å². The fourth-order valence-electron chi connectivity index (χ4n) is 4.60.